The molecular formula is C23H23Cl2NO2S. The van der Waals surface area contributed by atoms with Crippen molar-refractivity contribution in [3.63, 3.8) is 0 Å². The van der Waals surface area contributed by atoms with Crippen LogP contribution in [0.1, 0.15) is 42.3 Å². The number of hydrogen-bond acceptors (Lipinski definition) is 4. The van der Waals surface area contributed by atoms with E-state index in [4.69, 9.17) is 33.7 Å². The maximum absolute atomic E-state index is 13.4. The Morgan fingerprint density at radius 2 is 1.72 bits per heavy atom. The summed E-state index contributed by atoms with van der Waals surface area (Å²) in [6.45, 7) is 6.43. The third-order valence-corrected chi connectivity index (χ3v) is 6.35. The number of methoxy groups -OCH3 is 1. The topological polar surface area (TPSA) is 52.3 Å². The first-order chi connectivity index (χ1) is 13.6. The van der Waals surface area contributed by atoms with Gasteiger partial charge < -0.3 is 10.5 Å². The molecular weight excluding hydrogens is 425 g/mol. The standard InChI is InChI=1S/C23H23Cl2NO2S/c1-23(2,3)12-16-19(20(27)14-7-10-17(24)18(25)11-14)22(26)29-21(16)13-5-8-15(28-4)9-6-13/h5-11H,12,26H2,1-4H3. The number of thiophene rings is 1. The van der Waals surface area contributed by atoms with E-state index in [-0.39, 0.29) is 11.2 Å². The van der Waals surface area contributed by atoms with Crippen molar-refractivity contribution in [2.75, 3.05) is 12.8 Å². The molecule has 0 amide bonds. The Balaban J connectivity index is 2.16. The third kappa shape index (κ3) is 4.77. The summed E-state index contributed by atoms with van der Waals surface area (Å²) in [5, 5.41) is 1.26. The molecule has 2 N–H and O–H groups in total. The van der Waals surface area contributed by atoms with E-state index >= 15 is 0 Å². The van der Waals surface area contributed by atoms with Gasteiger partial charge in [0, 0.05) is 10.4 Å². The van der Waals surface area contributed by atoms with Crippen LogP contribution in [0.15, 0.2) is 42.5 Å². The number of ether oxygens (including phenoxy) is 1. The van der Waals surface area contributed by atoms with Crippen molar-refractivity contribution < 1.29 is 9.53 Å². The molecule has 3 aromatic rings. The van der Waals surface area contributed by atoms with Gasteiger partial charge in [0.2, 0.25) is 0 Å². The zero-order chi connectivity index (χ0) is 21.3. The van der Waals surface area contributed by atoms with Crippen LogP contribution in [-0.2, 0) is 6.42 Å². The first-order valence-corrected chi connectivity index (χ1v) is 10.7. The normalized spacial score (nSPS) is 11.5. The van der Waals surface area contributed by atoms with Crippen LogP contribution >= 0.6 is 34.5 Å². The Bertz CT molecular complexity index is 1050. The minimum absolute atomic E-state index is 0.0264. The van der Waals surface area contributed by atoms with Crippen molar-refractivity contribution in [1.29, 1.82) is 0 Å². The second-order valence-electron chi connectivity index (χ2n) is 8.07. The number of carbonyl (C=O) groups excluding carboxylic acids is 1. The van der Waals surface area contributed by atoms with E-state index in [1.807, 2.05) is 24.3 Å². The number of rotatable bonds is 5. The van der Waals surface area contributed by atoms with Crippen LogP contribution in [0.3, 0.4) is 0 Å². The molecule has 0 radical (unpaired) electrons. The third-order valence-electron chi connectivity index (χ3n) is 4.50. The highest BCUT2D eigenvalue weighted by Gasteiger charge is 2.27. The van der Waals surface area contributed by atoms with Crippen LogP contribution in [0.5, 0.6) is 5.75 Å². The maximum Gasteiger partial charge on any atom is 0.196 e. The van der Waals surface area contributed by atoms with Gasteiger partial charge in [0.15, 0.2) is 5.78 Å². The molecule has 0 fully saturated rings. The summed E-state index contributed by atoms with van der Waals surface area (Å²) in [5.74, 6) is 0.638. The molecule has 0 aliphatic carbocycles. The molecule has 0 saturated heterocycles. The summed E-state index contributed by atoms with van der Waals surface area (Å²) in [4.78, 5) is 14.4. The summed E-state index contributed by atoms with van der Waals surface area (Å²) >= 11 is 13.6. The van der Waals surface area contributed by atoms with Crippen molar-refractivity contribution in [2.24, 2.45) is 5.41 Å². The van der Waals surface area contributed by atoms with E-state index in [2.05, 4.69) is 20.8 Å². The van der Waals surface area contributed by atoms with Crippen molar-refractivity contribution in [3.05, 3.63) is 69.2 Å². The average Bonchev–Trinajstić information content (AvgIpc) is 2.97. The Hall–Kier alpha value is -2.01. The number of nitrogen functional groups attached to an aromatic ring is 1. The number of ketones is 1. The van der Waals surface area contributed by atoms with Crippen LogP contribution in [0.4, 0.5) is 5.00 Å². The predicted molar refractivity (Wildman–Crippen MR) is 124 cm³/mol. The van der Waals surface area contributed by atoms with Gasteiger partial charge in [0.1, 0.15) is 5.75 Å². The second kappa shape index (κ2) is 8.39. The lowest BCUT2D eigenvalue weighted by molar-refractivity contribution is 0.103. The summed E-state index contributed by atoms with van der Waals surface area (Å²) in [7, 11) is 1.64. The first-order valence-electron chi connectivity index (χ1n) is 9.16. The largest absolute Gasteiger partial charge is 0.497 e. The SMILES string of the molecule is COc1ccc(-c2sc(N)c(C(=O)c3ccc(Cl)c(Cl)c3)c2CC(C)(C)C)cc1. The quantitative estimate of drug-likeness (QED) is 0.423. The highest BCUT2D eigenvalue weighted by atomic mass is 35.5. The fourth-order valence-electron chi connectivity index (χ4n) is 3.19. The zero-order valence-corrected chi connectivity index (χ0v) is 19.1. The van der Waals surface area contributed by atoms with Crippen LogP contribution in [-0.4, -0.2) is 12.9 Å². The number of nitrogens with two attached hydrogens (primary N) is 1. The van der Waals surface area contributed by atoms with Gasteiger partial charge in [-0.25, -0.2) is 0 Å². The fourth-order valence-corrected chi connectivity index (χ4v) is 4.58. The summed E-state index contributed by atoms with van der Waals surface area (Å²) in [6, 6.07) is 12.7. The smallest absolute Gasteiger partial charge is 0.196 e. The highest BCUT2D eigenvalue weighted by molar-refractivity contribution is 7.20. The van der Waals surface area contributed by atoms with Crippen LogP contribution in [0.2, 0.25) is 10.0 Å². The molecule has 0 unspecified atom stereocenters. The maximum atomic E-state index is 13.4. The molecule has 1 aromatic heterocycles. The van der Waals surface area contributed by atoms with E-state index < -0.39 is 0 Å². The minimum Gasteiger partial charge on any atom is -0.497 e. The van der Waals surface area contributed by atoms with Crippen molar-refractivity contribution >= 4 is 45.3 Å². The lowest BCUT2D eigenvalue weighted by atomic mass is 9.84. The Morgan fingerprint density at radius 3 is 2.28 bits per heavy atom. The average molecular weight is 448 g/mol. The number of anilines is 1. The Kier molecular flexibility index (Phi) is 6.27. The molecule has 152 valence electrons. The molecule has 0 saturated carbocycles. The van der Waals surface area contributed by atoms with Gasteiger partial charge in [-0.15, -0.1) is 11.3 Å². The molecule has 0 atom stereocenters. The summed E-state index contributed by atoms with van der Waals surface area (Å²) in [6.07, 6.45) is 0.713. The lowest BCUT2D eigenvalue weighted by Gasteiger charge is -2.20. The number of carbonyl (C=O) groups is 1. The zero-order valence-electron chi connectivity index (χ0n) is 16.8. The van der Waals surface area contributed by atoms with Crippen LogP contribution in [0.25, 0.3) is 10.4 Å². The lowest BCUT2D eigenvalue weighted by Crippen LogP contribution is -2.14. The molecule has 0 aliphatic rings. The molecule has 6 heteroatoms. The monoisotopic (exact) mass is 447 g/mol. The van der Waals surface area contributed by atoms with Gasteiger partial charge in [0.05, 0.1) is 27.7 Å². The highest BCUT2D eigenvalue weighted by Crippen LogP contribution is 2.43. The van der Waals surface area contributed by atoms with Crippen molar-refractivity contribution in [2.45, 2.75) is 27.2 Å². The molecule has 0 aliphatic heterocycles. The molecule has 1 heterocycles. The summed E-state index contributed by atoms with van der Waals surface area (Å²) < 4.78 is 5.26. The Labute approximate surface area is 185 Å². The molecule has 0 spiro atoms. The fraction of sp³-hybridized carbons (Fsp3) is 0.261. The number of hydrogen-bond donors (Lipinski definition) is 1. The van der Waals surface area contributed by atoms with Crippen molar-refractivity contribution in [1.82, 2.24) is 0 Å². The van der Waals surface area contributed by atoms with E-state index in [1.54, 1.807) is 25.3 Å². The molecule has 3 rings (SSSR count). The molecule has 2 aromatic carbocycles. The molecule has 29 heavy (non-hydrogen) atoms. The van der Waals surface area contributed by atoms with E-state index in [9.17, 15) is 4.79 Å². The van der Waals surface area contributed by atoms with Crippen molar-refractivity contribution in [3.8, 4) is 16.2 Å². The summed E-state index contributed by atoms with van der Waals surface area (Å²) in [5.41, 5.74) is 9.34. The van der Waals surface area contributed by atoms with E-state index in [0.29, 0.717) is 32.6 Å². The van der Waals surface area contributed by atoms with Gasteiger partial charge in [-0.1, -0.05) is 44.0 Å². The van der Waals surface area contributed by atoms with E-state index in [0.717, 1.165) is 21.8 Å². The predicted octanol–water partition coefficient (Wildman–Crippen LogP) is 7.13. The van der Waals surface area contributed by atoms with E-state index in [1.165, 1.54) is 11.3 Å². The van der Waals surface area contributed by atoms with Gasteiger partial charge >= 0.3 is 0 Å². The number of halogens is 2. The van der Waals surface area contributed by atoms with Gasteiger partial charge in [-0.3, -0.25) is 4.79 Å². The molecule has 0 bridgehead atoms. The number of benzene rings is 2. The molecule has 3 nitrogen and oxygen atoms in total. The first kappa shape index (κ1) is 21.7. The Morgan fingerprint density at radius 1 is 1.07 bits per heavy atom. The van der Waals surface area contributed by atoms with Crippen LogP contribution < -0.4 is 10.5 Å². The van der Waals surface area contributed by atoms with Crippen LogP contribution in [0, 0.1) is 5.41 Å². The van der Waals surface area contributed by atoms with Gasteiger partial charge in [-0.05, 0) is 65.4 Å². The van der Waals surface area contributed by atoms with Gasteiger partial charge in [0.25, 0.3) is 0 Å². The van der Waals surface area contributed by atoms with Gasteiger partial charge in [-0.2, -0.15) is 0 Å². The minimum atomic E-state index is -0.142. The second-order valence-corrected chi connectivity index (χ2v) is 9.94.